The third-order valence-electron chi connectivity index (χ3n) is 3.39. The minimum absolute atomic E-state index is 0.122. The average Bonchev–Trinajstić information content (AvgIpc) is 2.67. The fourth-order valence-corrected chi connectivity index (χ4v) is 2.38. The first-order valence-corrected chi connectivity index (χ1v) is 6.52. The summed E-state index contributed by atoms with van der Waals surface area (Å²) in [5.41, 5.74) is 0.0846. The molecule has 1 aromatic heterocycles. The summed E-state index contributed by atoms with van der Waals surface area (Å²) in [6.07, 6.45) is 8.12. The van der Waals surface area contributed by atoms with E-state index < -0.39 is 4.92 Å². The van der Waals surface area contributed by atoms with Crippen molar-refractivity contribution in [3.8, 4) is 6.07 Å². The summed E-state index contributed by atoms with van der Waals surface area (Å²) in [5, 5.41) is 22.9. The SMILES string of the molecule is N#Cc1cnc(NC2CCCCCC2)c([N+](=O)[O-])c1. The fraction of sp³-hybridized carbons (Fsp3) is 0.538. The van der Waals surface area contributed by atoms with Gasteiger partial charge in [0.2, 0.25) is 5.82 Å². The summed E-state index contributed by atoms with van der Waals surface area (Å²) in [6, 6.07) is 3.38. The van der Waals surface area contributed by atoms with E-state index in [9.17, 15) is 10.1 Å². The van der Waals surface area contributed by atoms with Crippen LogP contribution in [0, 0.1) is 21.4 Å². The maximum atomic E-state index is 11.0. The summed E-state index contributed by atoms with van der Waals surface area (Å²) in [4.78, 5) is 14.5. The molecule has 6 heteroatoms. The molecule has 2 rings (SSSR count). The van der Waals surface area contributed by atoms with Crippen molar-refractivity contribution in [2.24, 2.45) is 0 Å². The Labute approximate surface area is 111 Å². The molecule has 0 spiro atoms. The van der Waals surface area contributed by atoms with Crippen LogP contribution in [0.5, 0.6) is 0 Å². The second kappa shape index (κ2) is 6.14. The predicted octanol–water partition coefficient (Wildman–Crippen LogP) is 3.00. The lowest BCUT2D eigenvalue weighted by atomic mass is 10.1. The van der Waals surface area contributed by atoms with Crippen LogP contribution in [-0.4, -0.2) is 15.9 Å². The van der Waals surface area contributed by atoms with E-state index in [0.29, 0.717) is 0 Å². The number of nitrogens with one attached hydrogen (secondary N) is 1. The molecule has 0 aromatic carbocycles. The van der Waals surface area contributed by atoms with Gasteiger partial charge in [0.15, 0.2) is 0 Å². The highest BCUT2D eigenvalue weighted by molar-refractivity contribution is 5.58. The molecule has 1 saturated carbocycles. The Morgan fingerprint density at radius 3 is 2.63 bits per heavy atom. The number of nitro groups is 1. The molecule has 1 aliphatic carbocycles. The Hall–Kier alpha value is -2.16. The summed E-state index contributed by atoms with van der Waals surface area (Å²) in [6.45, 7) is 0. The Balaban J connectivity index is 2.19. The molecule has 6 nitrogen and oxygen atoms in total. The van der Waals surface area contributed by atoms with Gasteiger partial charge >= 0.3 is 5.69 Å². The Bertz CT molecular complexity index is 502. The van der Waals surface area contributed by atoms with Crippen molar-refractivity contribution in [2.45, 2.75) is 44.6 Å². The molecule has 1 N–H and O–H groups in total. The number of nitriles is 1. The van der Waals surface area contributed by atoms with Crippen LogP contribution in [0.15, 0.2) is 12.3 Å². The van der Waals surface area contributed by atoms with Crippen molar-refractivity contribution in [1.82, 2.24) is 4.98 Å². The Kier molecular flexibility index (Phi) is 4.29. The van der Waals surface area contributed by atoms with E-state index in [1.54, 1.807) is 0 Å². The molecule has 19 heavy (non-hydrogen) atoms. The number of nitrogens with zero attached hydrogens (tertiary/aromatic N) is 3. The summed E-state index contributed by atoms with van der Waals surface area (Å²) >= 11 is 0. The number of anilines is 1. The predicted molar refractivity (Wildman–Crippen MR) is 70.7 cm³/mol. The Morgan fingerprint density at radius 2 is 2.05 bits per heavy atom. The largest absolute Gasteiger partial charge is 0.362 e. The highest BCUT2D eigenvalue weighted by Gasteiger charge is 2.20. The summed E-state index contributed by atoms with van der Waals surface area (Å²) in [5.74, 6) is 0.274. The molecule has 1 aliphatic rings. The Morgan fingerprint density at radius 1 is 1.37 bits per heavy atom. The monoisotopic (exact) mass is 260 g/mol. The van der Waals surface area contributed by atoms with Crippen molar-refractivity contribution >= 4 is 11.5 Å². The maximum Gasteiger partial charge on any atom is 0.312 e. The first-order valence-electron chi connectivity index (χ1n) is 6.52. The second-order valence-corrected chi connectivity index (χ2v) is 4.79. The number of hydrogen-bond donors (Lipinski definition) is 1. The molecule has 0 bridgehead atoms. The van der Waals surface area contributed by atoms with Gasteiger partial charge in [-0.2, -0.15) is 5.26 Å². The standard InChI is InChI=1S/C13H16N4O2/c14-8-10-7-12(17(18)19)13(15-9-10)16-11-5-3-1-2-4-6-11/h7,9,11H,1-6H2,(H,15,16). The summed E-state index contributed by atoms with van der Waals surface area (Å²) < 4.78 is 0. The number of rotatable bonds is 3. The van der Waals surface area contributed by atoms with Crippen LogP contribution in [0.2, 0.25) is 0 Å². The zero-order valence-electron chi connectivity index (χ0n) is 10.6. The minimum atomic E-state index is -0.493. The third-order valence-corrected chi connectivity index (χ3v) is 3.39. The minimum Gasteiger partial charge on any atom is -0.362 e. The first-order chi connectivity index (χ1) is 9.20. The molecule has 0 unspecified atom stereocenters. The van der Waals surface area contributed by atoms with Crippen molar-refractivity contribution in [3.05, 3.63) is 27.9 Å². The molecule has 0 aliphatic heterocycles. The molecule has 1 fully saturated rings. The molecule has 0 radical (unpaired) electrons. The van der Waals surface area contributed by atoms with Gasteiger partial charge in [-0.25, -0.2) is 4.98 Å². The molecule has 0 saturated heterocycles. The van der Waals surface area contributed by atoms with E-state index in [2.05, 4.69) is 10.3 Å². The van der Waals surface area contributed by atoms with Crippen LogP contribution in [0.3, 0.4) is 0 Å². The zero-order chi connectivity index (χ0) is 13.7. The van der Waals surface area contributed by atoms with Gasteiger partial charge in [-0.1, -0.05) is 25.7 Å². The van der Waals surface area contributed by atoms with Gasteiger partial charge in [0, 0.05) is 18.3 Å². The second-order valence-electron chi connectivity index (χ2n) is 4.79. The van der Waals surface area contributed by atoms with Crippen molar-refractivity contribution in [2.75, 3.05) is 5.32 Å². The zero-order valence-corrected chi connectivity index (χ0v) is 10.6. The molecule has 1 aromatic rings. The molecular weight excluding hydrogens is 244 g/mol. The van der Waals surface area contributed by atoms with Crippen LogP contribution < -0.4 is 5.32 Å². The molecule has 100 valence electrons. The molecule has 0 atom stereocenters. The van der Waals surface area contributed by atoms with E-state index in [1.165, 1.54) is 25.1 Å². The van der Waals surface area contributed by atoms with Gasteiger partial charge in [0.25, 0.3) is 0 Å². The van der Waals surface area contributed by atoms with E-state index in [-0.39, 0.29) is 23.1 Å². The van der Waals surface area contributed by atoms with Gasteiger partial charge in [0.05, 0.1) is 10.5 Å². The van der Waals surface area contributed by atoms with Crippen LogP contribution in [0.4, 0.5) is 11.5 Å². The number of hydrogen-bond acceptors (Lipinski definition) is 5. The van der Waals surface area contributed by atoms with Crippen LogP contribution in [0.1, 0.15) is 44.1 Å². The summed E-state index contributed by atoms with van der Waals surface area (Å²) in [7, 11) is 0. The van der Waals surface area contributed by atoms with Gasteiger partial charge in [0.1, 0.15) is 6.07 Å². The topological polar surface area (TPSA) is 91.8 Å². The van der Waals surface area contributed by atoms with Gasteiger partial charge < -0.3 is 5.32 Å². The highest BCUT2D eigenvalue weighted by Crippen LogP contribution is 2.26. The maximum absolute atomic E-state index is 11.0. The van der Waals surface area contributed by atoms with E-state index >= 15 is 0 Å². The average molecular weight is 260 g/mol. The van der Waals surface area contributed by atoms with Gasteiger partial charge in [-0.3, -0.25) is 10.1 Å². The number of aromatic nitrogens is 1. The van der Waals surface area contributed by atoms with Gasteiger partial charge in [-0.05, 0) is 12.8 Å². The lowest BCUT2D eigenvalue weighted by Gasteiger charge is -2.16. The third kappa shape index (κ3) is 3.41. The quantitative estimate of drug-likeness (QED) is 0.512. The first kappa shape index (κ1) is 13.3. The molecular formula is C13H16N4O2. The van der Waals surface area contributed by atoms with Crippen molar-refractivity contribution < 1.29 is 4.92 Å². The van der Waals surface area contributed by atoms with Crippen molar-refractivity contribution in [3.63, 3.8) is 0 Å². The van der Waals surface area contributed by atoms with E-state index in [4.69, 9.17) is 5.26 Å². The van der Waals surface area contributed by atoms with Crippen LogP contribution in [-0.2, 0) is 0 Å². The lowest BCUT2D eigenvalue weighted by Crippen LogP contribution is -2.20. The van der Waals surface area contributed by atoms with Crippen LogP contribution in [0.25, 0.3) is 0 Å². The van der Waals surface area contributed by atoms with E-state index in [1.807, 2.05) is 6.07 Å². The number of pyridine rings is 1. The van der Waals surface area contributed by atoms with Gasteiger partial charge in [-0.15, -0.1) is 0 Å². The molecule has 0 amide bonds. The smallest absolute Gasteiger partial charge is 0.312 e. The fourth-order valence-electron chi connectivity index (χ4n) is 2.38. The van der Waals surface area contributed by atoms with Crippen molar-refractivity contribution in [1.29, 1.82) is 5.26 Å². The van der Waals surface area contributed by atoms with Crippen LogP contribution >= 0.6 is 0 Å². The normalized spacial score (nSPS) is 16.4. The molecule has 1 heterocycles. The lowest BCUT2D eigenvalue weighted by molar-refractivity contribution is -0.384. The highest BCUT2D eigenvalue weighted by atomic mass is 16.6. The van der Waals surface area contributed by atoms with E-state index in [0.717, 1.165) is 25.7 Å².